The van der Waals surface area contributed by atoms with E-state index in [-0.39, 0.29) is 31.0 Å². The van der Waals surface area contributed by atoms with E-state index >= 15 is 0 Å². The topological polar surface area (TPSA) is 224 Å². The number of aliphatic hydroxyl groups is 2. The Hall–Kier alpha value is -5.16. The molecule has 6 unspecified atom stereocenters. The number of hydrogen-bond donors (Lipinski definition) is 6. The van der Waals surface area contributed by atoms with Gasteiger partial charge in [0.1, 0.15) is 36.3 Å². The number of aldehydes is 1. The standard InChI is InChI=1S/C45H65N5O10.C2H4O/c1-7-15-33-41(54)31(6)36(51)18-9-8-10-19-38(30(5)16-13-20-39(53)50-24-11-12-25-59-50)60-45(58)34-17-14-23-49(48-34)44(57)35(26-32-22-21-29(4)37(52)27-32)46-43(56)40(28(2)3)47-42(33)55;1-2-3/h8-10,13,16,18,20-22,27-28,31,33-36,38,40-41,48,51-52,54H,7,11-12,14-15,17,19,23-26H2,1-6H3,(H,46,56)(H,47,55);2H,1H3/b10-8+,18-9+,20-13+,30-16+;/t31?,33?,34?,35?,36-,38-,40?,41?;/m0./s1. The lowest BCUT2D eigenvalue weighted by Gasteiger charge is -2.36. The van der Waals surface area contributed by atoms with Crippen LogP contribution in [0, 0.1) is 24.7 Å². The van der Waals surface area contributed by atoms with Crippen molar-refractivity contribution in [3.63, 3.8) is 0 Å². The Labute approximate surface area is 371 Å². The van der Waals surface area contributed by atoms with Gasteiger partial charge in [-0.15, -0.1) is 0 Å². The van der Waals surface area contributed by atoms with E-state index in [1.54, 1.807) is 77.1 Å². The number of esters is 1. The summed E-state index contributed by atoms with van der Waals surface area (Å²) in [5.41, 5.74) is 4.87. The van der Waals surface area contributed by atoms with Crippen molar-refractivity contribution in [3.8, 4) is 5.75 Å². The highest BCUT2D eigenvalue weighted by Crippen LogP contribution is 2.24. The SMILES string of the molecule is CC=O.CCCC1C(=O)NC(C(C)C)C(=O)NC(Cc2ccc(C)c(O)c2)C(=O)N2CCCC(N2)C(=O)O[C@H](/C(C)=C/C=C/C(=O)N2CCCCO2)C/C=C/C=C/[C@H](O)C(C)C1O. The second kappa shape index (κ2) is 26.5. The Balaban J connectivity index is 0.00000342. The van der Waals surface area contributed by atoms with Gasteiger partial charge in [-0.25, -0.2) is 10.5 Å². The van der Waals surface area contributed by atoms with Crippen molar-refractivity contribution in [1.82, 2.24) is 26.1 Å². The predicted octanol–water partition coefficient (Wildman–Crippen LogP) is 3.83. The highest BCUT2D eigenvalue weighted by Gasteiger charge is 2.38. The number of allylic oxidation sites excluding steroid dienone is 4. The summed E-state index contributed by atoms with van der Waals surface area (Å²) in [7, 11) is 0. The summed E-state index contributed by atoms with van der Waals surface area (Å²) in [5.74, 6) is -4.72. The molecule has 6 N–H and O–H groups in total. The van der Waals surface area contributed by atoms with Gasteiger partial charge in [0.25, 0.3) is 11.8 Å². The zero-order valence-corrected chi connectivity index (χ0v) is 37.8. The van der Waals surface area contributed by atoms with Crippen molar-refractivity contribution < 1.29 is 53.7 Å². The molecule has 2 fully saturated rings. The maximum Gasteiger partial charge on any atom is 0.325 e. The first kappa shape index (κ1) is 52.2. The fraction of sp³-hybridized carbons (Fsp3) is 0.574. The first-order chi connectivity index (χ1) is 30.0. The molecule has 3 aliphatic rings. The molecule has 63 heavy (non-hydrogen) atoms. The molecule has 0 aromatic heterocycles. The Morgan fingerprint density at radius 2 is 1.76 bits per heavy atom. The summed E-state index contributed by atoms with van der Waals surface area (Å²) in [6.45, 7) is 13.2. The minimum absolute atomic E-state index is 0.0110. The van der Waals surface area contributed by atoms with Gasteiger partial charge in [0.15, 0.2) is 0 Å². The molecule has 0 aliphatic carbocycles. The average Bonchev–Trinajstić information content (AvgIpc) is 3.26. The van der Waals surface area contributed by atoms with E-state index < -0.39 is 77.9 Å². The Kier molecular flexibility index (Phi) is 21.9. The smallest absolute Gasteiger partial charge is 0.325 e. The highest BCUT2D eigenvalue weighted by molar-refractivity contribution is 5.93. The number of carbonyl (C=O) groups is 6. The van der Waals surface area contributed by atoms with Gasteiger partial charge in [0, 0.05) is 37.9 Å². The molecule has 0 spiro atoms. The molecule has 4 rings (SSSR count). The Bertz CT molecular complexity index is 1820. The third-order valence-electron chi connectivity index (χ3n) is 11.3. The number of rotatable bonds is 8. The summed E-state index contributed by atoms with van der Waals surface area (Å²) < 4.78 is 6.06. The molecule has 3 aliphatic heterocycles. The van der Waals surface area contributed by atoms with Gasteiger partial charge in [-0.1, -0.05) is 82.7 Å². The van der Waals surface area contributed by atoms with Crippen molar-refractivity contribution in [3.05, 3.63) is 77.4 Å². The number of hydrazine groups is 1. The van der Waals surface area contributed by atoms with E-state index in [0.717, 1.165) is 19.1 Å². The Morgan fingerprint density at radius 1 is 1.03 bits per heavy atom. The van der Waals surface area contributed by atoms with Crippen LogP contribution in [-0.4, -0.2) is 117 Å². The number of ether oxygens (including phenoxy) is 1. The van der Waals surface area contributed by atoms with Crippen molar-refractivity contribution in [2.24, 2.45) is 17.8 Å². The second-order valence-electron chi connectivity index (χ2n) is 16.6. The molecule has 2 saturated heterocycles. The molecule has 3 heterocycles. The van der Waals surface area contributed by atoms with Gasteiger partial charge < -0.3 is 35.5 Å². The molecule has 2 bridgehead atoms. The van der Waals surface area contributed by atoms with Gasteiger partial charge in [-0.05, 0) is 81.6 Å². The number of nitrogens with one attached hydrogen (secondary N) is 3. The van der Waals surface area contributed by atoms with Gasteiger partial charge >= 0.3 is 5.97 Å². The molecular formula is C47H69N5O11. The van der Waals surface area contributed by atoms with Crippen molar-refractivity contribution >= 4 is 35.9 Å². The molecule has 16 heteroatoms. The molecule has 0 radical (unpaired) electrons. The number of nitrogens with zero attached hydrogens (tertiary/aromatic N) is 2. The molecule has 16 nitrogen and oxygen atoms in total. The maximum absolute atomic E-state index is 14.4. The molecule has 4 amide bonds. The van der Waals surface area contributed by atoms with Crippen molar-refractivity contribution in [2.75, 3.05) is 19.7 Å². The molecular weight excluding hydrogens is 811 g/mol. The maximum atomic E-state index is 14.4. The van der Waals surface area contributed by atoms with Crippen LogP contribution in [0.25, 0.3) is 0 Å². The summed E-state index contributed by atoms with van der Waals surface area (Å²) in [6, 6.07) is 1.81. The number of hydrogen-bond acceptors (Lipinski definition) is 12. The average molecular weight is 880 g/mol. The van der Waals surface area contributed by atoms with E-state index in [1.165, 1.54) is 35.2 Å². The van der Waals surface area contributed by atoms with Crippen LogP contribution in [0.15, 0.2) is 66.3 Å². The van der Waals surface area contributed by atoms with E-state index in [0.29, 0.717) is 55.5 Å². The largest absolute Gasteiger partial charge is 0.508 e. The lowest BCUT2D eigenvalue weighted by molar-refractivity contribution is -0.191. The van der Waals surface area contributed by atoms with E-state index in [1.807, 2.05) is 6.92 Å². The summed E-state index contributed by atoms with van der Waals surface area (Å²) in [5, 5.41) is 41.3. The van der Waals surface area contributed by atoms with Gasteiger partial charge in [-0.3, -0.25) is 33.8 Å². The number of aliphatic hydroxyl groups excluding tert-OH is 2. The number of phenols is 1. The molecule has 0 saturated carbocycles. The predicted molar refractivity (Wildman–Crippen MR) is 237 cm³/mol. The number of phenolic OH excluding ortho intramolecular Hbond substituents is 1. The van der Waals surface area contributed by atoms with Crippen LogP contribution in [0.2, 0.25) is 0 Å². The van der Waals surface area contributed by atoms with Crippen LogP contribution < -0.4 is 16.1 Å². The third-order valence-corrected chi connectivity index (χ3v) is 11.3. The molecule has 8 atom stereocenters. The summed E-state index contributed by atoms with van der Waals surface area (Å²) >= 11 is 0. The number of hydroxylamine groups is 2. The second-order valence-corrected chi connectivity index (χ2v) is 16.6. The number of aromatic hydroxyl groups is 1. The first-order valence-electron chi connectivity index (χ1n) is 22.1. The van der Waals surface area contributed by atoms with Crippen LogP contribution in [-0.2, 0) is 44.8 Å². The zero-order valence-electron chi connectivity index (χ0n) is 37.8. The number of fused-ring (bicyclic) bond motifs is 2. The summed E-state index contributed by atoms with van der Waals surface area (Å²) in [4.78, 5) is 83.1. The van der Waals surface area contributed by atoms with Crippen LogP contribution in [0.4, 0.5) is 0 Å². The monoisotopic (exact) mass is 879 g/mol. The van der Waals surface area contributed by atoms with Gasteiger partial charge in [0.05, 0.1) is 24.7 Å². The van der Waals surface area contributed by atoms with Crippen LogP contribution in [0.1, 0.15) is 97.6 Å². The van der Waals surface area contributed by atoms with Crippen LogP contribution >= 0.6 is 0 Å². The van der Waals surface area contributed by atoms with Gasteiger partial charge in [-0.2, -0.15) is 0 Å². The lowest BCUT2D eigenvalue weighted by Crippen LogP contribution is -2.62. The number of cyclic esters (lactones) is 1. The minimum Gasteiger partial charge on any atom is -0.508 e. The molecule has 1 aromatic rings. The van der Waals surface area contributed by atoms with Gasteiger partial charge in [0.2, 0.25) is 11.8 Å². The first-order valence-corrected chi connectivity index (χ1v) is 22.1. The third kappa shape index (κ3) is 16.2. The number of carbonyl (C=O) groups excluding carboxylic acids is 6. The number of aryl methyl sites for hydroxylation is 1. The fourth-order valence-electron chi connectivity index (χ4n) is 7.34. The van der Waals surface area contributed by atoms with E-state index in [9.17, 15) is 39.3 Å². The lowest BCUT2D eigenvalue weighted by atomic mass is 9.84. The van der Waals surface area contributed by atoms with E-state index in [4.69, 9.17) is 14.4 Å². The number of amides is 4. The van der Waals surface area contributed by atoms with Crippen LogP contribution in [0.3, 0.4) is 0 Å². The minimum atomic E-state index is -1.26. The van der Waals surface area contributed by atoms with Crippen molar-refractivity contribution in [1.29, 1.82) is 0 Å². The number of benzene rings is 1. The summed E-state index contributed by atoms with van der Waals surface area (Å²) in [6.07, 6.45) is 12.4. The quantitative estimate of drug-likeness (QED) is 0.0950. The Morgan fingerprint density at radius 3 is 2.41 bits per heavy atom. The normalized spacial score (nSPS) is 28.4. The van der Waals surface area contributed by atoms with Crippen molar-refractivity contribution in [2.45, 2.75) is 136 Å². The zero-order chi connectivity index (χ0) is 46.6. The molecule has 1 aromatic carbocycles. The highest BCUT2D eigenvalue weighted by atomic mass is 16.7. The fourth-order valence-corrected chi connectivity index (χ4v) is 7.34. The molecule has 348 valence electrons. The van der Waals surface area contributed by atoms with E-state index in [2.05, 4.69) is 16.1 Å². The van der Waals surface area contributed by atoms with Crippen LogP contribution in [0.5, 0.6) is 5.75 Å².